The Hall–Kier alpha value is -2.81. The van der Waals surface area contributed by atoms with Crippen LogP contribution >= 0.6 is 11.8 Å². The van der Waals surface area contributed by atoms with E-state index in [4.69, 9.17) is 15.2 Å². The number of thioether (sulfide) groups is 1. The van der Waals surface area contributed by atoms with Gasteiger partial charge in [0, 0.05) is 49.8 Å². The molecule has 3 heterocycles. The Bertz CT molecular complexity index is 1060. The summed E-state index contributed by atoms with van der Waals surface area (Å²) in [6.07, 6.45) is 5.54. The zero-order valence-electron chi connectivity index (χ0n) is 18.1. The van der Waals surface area contributed by atoms with Crippen LogP contribution in [0.2, 0.25) is 0 Å². The molecule has 2 aliphatic heterocycles. The number of benzene rings is 2. The monoisotopic (exact) mass is 449 g/mol. The fraction of sp³-hybridized carbons (Fsp3) is 0.333. The third-order valence-corrected chi connectivity index (χ3v) is 6.97. The first-order valence-corrected chi connectivity index (χ1v) is 11.7. The van der Waals surface area contributed by atoms with Gasteiger partial charge in [0.25, 0.3) is 5.88 Å². The molecular formula is C24H27N5O2S. The van der Waals surface area contributed by atoms with E-state index in [1.807, 2.05) is 36.4 Å². The van der Waals surface area contributed by atoms with Crippen molar-refractivity contribution in [3.05, 3.63) is 60.9 Å². The van der Waals surface area contributed by atoms with Crippen molar-refractivity contribution >= 4 is 29.0 Å². The van der Waals surface area contributed by atoms with Gasteiger partial charge in [-0.05, 0) is 55.2 Å². The van der Waals surface area contributed by atoms with Crippen LogP contribution in [0.15, 0.2) is 65.8 Å². The van der Waals surface area contributed by atoms with Crippen molar-refractivity contribution in [1.82, 2.24) is 9.97 Å². The highest BCUT2D eigenvalue weighted by Gasteiger charge is 2.28. The number of ether oxygens (including phenoxy) is 2. The standard InChI is InChI=1S/C24H27N5O2S/c1-30-16-17-10-14-28(15-11-17)22-23(27-13-12-26-22)31-19-8-6-18(7-9-19)29-20-4-2-3-5-21(20)32-24(29)25/h2-9,12-13,17,24H,10-11,14-16,25H2,1H3. The predicted molar refractivity (Wildman–Crippen MR) is 128 cm³/mol. The SMILES string of the molecule is COCC1CCN(c2nccnc2Oc2ccc(N3c4ccccc4SC3N)cc2)CC1. The second kappa shape index (κ2) is 9.36. The Balaban J connectivity index is 1.31. The minimum atomic E-state index is -0.146. The van der Waals surface area contributed by atoms with Crippen LogP contribution in [0.1, 0.15) is 12.8 Å². The van der Waals surface area contributed by atoms with E-state index in [0.29, 0.717) is 11.8 Å². The summed E-state index contributed by atoms with van der Waals surface area (Å²) in [4.78, 5) is 14.6. The van der Waals surface area contributed by atoms with E-state index in [0.717, 1.165) is 55.5 Å². The molecule has 2 aromatic carbocycles. The number of nitrogens with two attached hydrogens (primary N) is 1. The molecular weight excluding hydrogens is 422 g/mol. The first-order chi connectivity index (χ1) is 15.7. The number of fused-ring (bicyclic) bond motifs is 1. The predicted octanol–water partition coefficient (Wildman–Crippen LogP) is 4.62. The largest absolute Gasteiger partial charge is 0.436 e. The molecule has 0 spiro atoms. The van der Waals surface area contributed by atoms with Crippen molar-refractivity contribution in [2.75, 3.05) is 36.6 Å². The van der Waals surface area contributed by atoms with Gasteiger partial charge in [0.2, 0.25) is 0 Å². The van der Waals surface area contributed by atoms with Crippen LogP contribution < -0.4 is 20.3 Å². The van der Waals surface area contributed by atoms with E-state index in [-0.39, 0.29) is 5.50 Å². The van der Waals surface area contributed by atoms with Gasteiger partial charge in [-0.2, -0.15) is 0 Å². The Morgan fingerprint density at radius 2 is 1.78 bits per heavy atom. The van der Waals surface area contributed by atoms with Gasteiger partial charge in [0.15, 0.2) is 5.82 Å². The lowest BCUT2D eigenvalue weighted by atomic mass is 9.98. The number of para-hydroxylation sites is 1. The van der Waals surface area contributed by atoms with Gasteiger partial charge in [-0.1, -0.05) is 23.9 Å². The Morgan fingerprint density at radius 3 is 2.56 bits per heavy atom. The molecule has 166 valence electrons. The number of anilines is 3. The van der Waals surface area contributed by atoms with Crippen molar-refractivity contribution in [1.29, 1.82) is 0 Å². The molecule has 0 amide bonds. The molecule has 0 saturated carbocycles. The van der Waals surface area contributed by atoms with Crippen molar-refractivity contribution < 1.29 is 9.47 Å². The number of hydrogen-bond acceptors (Lipinski definition) is 8. The molecule has 0 radical (unpaired) electrons. The van der Waals surface area contributed by atoms with E-state index in [2.05, 4.69) is 31.9 Å². The van der Waals surface area contributed by atoms with Crippen molar-refractivity contribution in [3.63, 3.8) is 0 Å². The molecule has 0 aliphatic carbocycles. The summed E-state index contributed by atoms with van der Waals surface area (Å²) in [5.41, 5.74) is 8.39. The van der Waals surface area contributed by atoms with E-state index >= 15 is 0 Å². The quantitative estimate of drug-likeness (QED) is 0.584. The van der Waals surface area contributed by atoms with Crippen molar-refractivity contribution in [2.24, 2.45) is 11.7 Å². The molecule has 7 nitrogen and oxygen atoms in total. The van der Waals surface area contributed by atoms with E-state index in [9.17, 15) is 0 Å². The molecule has 0 bridgehead atoms. The maximum absolute atomic E-state index is 6.38. The molecule has 32 heavy (non-hydrogen) atoms. The van der Waals surface area contributed by atoms with Gasteiger partial charge >= 0.3 is 0 Å². The molecule has 1 unspecified atom stereocenters. The van der Waals surface area contributed by atoms with Gasteiger partial charge in [-0.15, -0.1) is 0 Å². The van der Waals surface area contributed by atoms with E-state index < -0.39 is 0 Å². The zero-order chi connectivity index (χ0) is 21.9. The summed E-state index contributed by atoms with van der Waals surface area (Å²) in [6.45, 7) is 2.66. The second-order valence-corrected chi connectivity index (χ2v) is 9.17. The maximum Gasteiger partial charge on any atom is 0.263 e. The zero-order valence-corrected chi connectivity index (χ0v) is 18.9. The first kappa shape index (κ1) is 21.1. The minimum absolute atomic E-state index is 0.146. The number of hydrogen-bond donors (Lipinski definition) is 1. The highest BCUT2D eigenvalue weighted by atomic mass is 32.2. The molecule has 1 saturated heterocycles. The fourth-order valence-electron chi connectivity index (χ4n) is 4.30. The highest BCUT2D eigenvalue weighted by Crippen LogP contribution is 2.45. The molecule has 2 N–H and O–H groups in total. The van der Waals surface area contributed by atoms with Crippen LogP contribution in [0.4, 0.5) is 17.2 Å². The van der Waals surface area contributed by atoms with Crippen LogP contribution in [0.25, 0.3) is 0 Å². The smallest absolute Gasteiger partial charge is 0.263 e. The average Bonchev–Trinajstić information content (AvgIpc) is 3.16. The lowest BCUT2D eigenvalue weighted by molar-refractivity contribution is 0.139. The van der Waals surface area contributed by atoms with Crippen LogP contribution in [0.5, 0.6) is 11.6 Å². The lowest BCUT2D eigenvalue weighted by Gasteiger charge is -2.32. The van der Waals surface area contributed by atoms with Gasteiger partial charge < -0.3 is 25.0 Å². The van der Waals surface area contributed by atoms with Gasteiger partial charge in [-0.25, -0.2) is 9.97 Å². The van der Waals surface area contributed by atoms with Crippen LogP contribution in [0, 0.1) is 5.92 Å². The molecule has 3 aromatic rings. The maximum atomic E-state index is 6.38. The number of rotatable bonds is 6. The molecule has 1 aromatic heterocycles. The molecule has 1 fully saturated rings. The topological polar surface area (TPSA) is 76.7 Å². The highest BCUT2D eigenvalue weighted by molar-refractivity contribution is 8.00. The number of piperidine rings is 1. The third-order valence-electron chi connectivity index (χ3n) is 5.92. The molecule has 5 rings (SSSR count). The molecule has 8 heteroatoms. The Kier molecular flexibility index (Phi) is 6.16. The number of methoxy groups -OCH3 is 1. The Labute approximate surface area is 192 Å². The average molecular weight is 450 g/mol. The molecule has 1 atom stereocenters. The molecule has 2 aliphatic rings. The van der Waals surface area contributed by atoms with Gasteiger partial charge in [0.05, 0.1) is 5.69 Å². The van der Waals surface area contributed by atoms with Crippen molar-refractivity contribution in [2.45, 2.75) is 23.2 Å². The van der Waals surface area contributed by atoms with Crippen LogP contribution in [-0.2, 0) is 4.74 Å². The lowest BCUT2D eigenvalue weighted by Crippen LogP contribution is -2.35. The summed E-state index contributed by atoms with van der Waals surface area (Å²) in [5.74, 6) is 2.65. The normalized spacial score (nSPS) is 18.6. The van der Waals surface area contributed by atoms with E-state index in [1.54, 1.807) is 31.3 Å². The van der Waals surface area contributed by atoms with Crippen LogP contribution in [0.3, 0.4) is 0 Å². The first-order valence-electron chi connectivity index (χ1n) is 10.9. The second-order valence-electron chi connectivity index (χ2n) is 8.01. The van der Waals surface area contributed by atoms with Gasteiger partial charge in [0.1, 0.15) is 11.2 Å². The fourth-order valence-corrected chi connectivity index (χ4v) is 5.35. The van der Waals surface area contributed by atoms with Crippen LogP contribution in [-0.4, -0.2) is 42.3 Å². The number of aromatic nitrogens is 2. The summed E-state index contributed by atoms with van der Waals surface area (Å²) in [7, 11) is 1.77. The summed E-state index contributed by atoms with van der Waals surface area (Å²) < 4.78 is 11.5. The summed E-state index contributed by atoms with van der Waals surface area (Å²) in [6, 6.07) is 16.3. The summed E-state index contributed by atoms with van der Waals surface area (Å²) >= 11 is 1.66. The summed E-state index contributed by atoms with van der Waals surface area (Å²) in [5, 5.41) is 0. The number of nitrogens with zero attached hydrogens (tertiary/aromatic N) is 4. The van der Waals surface area contributed by atoms with Crippen molar-refractivity contribution in [3.8, 4) is 11.6 Å². The Morgan fingerprint density at radius 1 is 1.03 bits per heavy atom. The van der Waals surface area contributed by atoms with Gasteiger partial charge in [-0.3, -0.25) is 0 Å². The third kappa shape index (κ3) is 4.26. The van der Waals surface area contributed by atoms with E-state index in [1.165, 1.54) is 4.90 Å². The minimum Gasteiger partial charge on any atom is -0.436 e.